The summed E-state index contributed by atoms with van der Waals surface area (Å²) in [5, 5.41) is 17.5. The molecule has 0 bridgehead atoms. The molecule has 0 amide bonds. The van der Waals surface area contributed by atoms with Crippen molar-refractivity contribution in [3.8, 4) is 0 Å². The summed E-state index contributed by atoms with van der Waals surface area (Å²) in [7, 11) is 0. The van der Waals surface area contributed by atoms with Gasteiger partial charge < -0.3 is 5.11 Å². The van der Waals surface area contributed by atoms with Crippen molar-refractivity contribution in [1.29, 1.82) is 0 Å². The van der Waals surface area contributed by atoms with Gasteiger partial charge in [0.15, 0.2) is 0 Å². The van der Waals surface area contributed by atoms with Gasteiger partial charge in [0.05, 0.1) is 12.6 Å². The van der Waals surface area contributed by atoms with E-state index in [1.807, 2.05) is 24.3 Å². The van der Waals surface area contributed by atoms with Crippen LogP contribution in [-0.2, 0) is 6.54 Å². The molecule has 68 valence electrons. The van der Waals surface area contributed by atoms with Crippen LogP contribution < -0.4 is 0 Å². The van der Waals surface area contributed by atoms with Crippen molar-refractivity contribution < 1.29 is 5.11 Å². The van der Waals surface area contributed by atoms with E-state index >= 15 is 0 Å². The van der Waals surface area contributed by atoms with E-state index in [9.17, 15) is 0 Å². The average Bonchev–Trinajstić information content (AvgIpc) is 2.44. The Morgan fingerprint density at radius 2 is 1.85 bits per heavy atom. The van der Waals surface area contributed by atoms with Crippen LogP contribution in [0.3, 0.4) is 0 Å². The van der Waals surface area contributed by atoms with Gasteiger partial charge in [0.25, 0.3) is 0 Å². The SMILES string of the molecule is CC(O)Cn1nc2ccccc2n1. The summed E-state index contributed by atoms with van der Waals surface area (Å²) in [4.78, 5) is 1.52. The smallest absolute Gasteiger partial charge is 0.113 e. The van der Waals surface area contributed by atoms with Crippen LogP contribution >= 0.6 is 0 Å². The maximum Gasteiger partial charge on any atom is 0.113 e. The molecule has 1 atom stereocenters. The summed E-state index contributed by atoms with van der Waals surface area (Å²) in [5.74, 6) is 0. The van der Waals surface area contributed by atoms with Crippen LogP contribution in [0, 0.1) is 0 Å². The van der Waals surface area contributed by atoms with E-state index in [0.29, 0.717) is 6.54 Å². The van der Waals surface area contributed by atoms with Gasteiger partial charge in [0, 0.05) is 0 Å². The number of benzene rings is 1. The zero-order chi connectivity index (χ0) is 9.26. The van der Waals surface area contributed by atoms with E-state index in [2.05, 4.69) is 10.2 Å². The standard InChI is InChI=1S/C9H11N3O/c1-7(13)6-12-10-8-4-2-3-5-9(8)11-12/h2-5,7,13H,6H2,1H3. The number of hydrogen-bond acceptors (Lipinski definition) is 3. The van der Waals surface area contributed by atoms with Crippen LogP contribution in [0.4, 0.5) is 0 Å². The molecule has 0 saturated carbocycles. The molecule has 0 aliphatic carbocycles. The van der Waals surface area contributed by atoms with Crippen LogP contribution in [-0.4, -0.2) is 26.2 Å². The van der Waals surface area contributed by atoms with Gasteiger partial charge in [-0.3, -0.25) is 0 Å². The Balaban J connectivity index is 2.38. The monoisotopic (exact) mass is 177 g/mol. The van der Waals surface area contributed by atoms with Crippen LogP contribution in [0.25, 0.3) is 11.0 Å². The number of rotatable bonds is 2. The average molecular weight is 177 g/mol. The fraction of sp³-hybridized carbons (Fsp3) is 0.333. The molecular weight excluding hydrogens is 166 g/mol. The first kappa shape index (κ1) is 8.19. The number of aliphatic hydroxyl groups is 1. The molecule has 0 spiro atoms. The van der Waals surface area contributed by atoms with E-state index in [-0.39, 0.29) is 0 Å². The van der Waals surface area contributed by atoms with E-state index in [0.717, 1.165) is 11.0 Å². The maximum atomic E-state index is 9.13. The fourth-order valence-electron chi connectivity index (χ4n) is 1.22. The molecule has 1 aromatic heterocycles. The molecule has 4 nitrogen and oxygen atoms in total. The molecule has 1 unspecified atom stereocenters. The highest BCUT2D eigenvalue weighted by Gasteiger charge is 2.02. The topological polar surface area (TPSA) is 50.9 Å². The Bertz CT molecular complexity index is 375. The first-order chi connectivity index (χ1) is 6.25. The summed E-state index contributed by atoms with van der Waals surface area (Å²) < 4.78 is 0. The van der Waals surface area contributed by atoms with E-state index in [1.165, 1.54) is 4.80 Å². The molecule has 0 fully saturated rings. The molecule has 1 aromatic carbocycles. The molecule has 1 heterocycles. The summed E-state index contributed by atoms with van der Waals surface area (Å²) in [6, 6.07) is 7.65. The molecular formula is C9H11N3O. The van der Waals surface area contributed by atoms with Gasteiger partial charge in [-0.15, -0.1) is 0 Å². The second kappa shape index (κ2) is 3.14. The molecule has 4 heteroatoms. The van der Waals surface area contributed by atoms with Gasteiger partial charge in [0.1, 0.15) is 11.0 Å². The zero-order valence-corrected chi connectivity index (χ0v) is 7.38. The van der Waals surface area contributed by atoms with Gasteiger partial charge in [-0.2, -0.15) is 15.0 Å². The quantitative estimate of drug-likeness (QED) is 0.738. The van der Waals surface area contributed by atoms with Gasteiger partial charge in [-0.1, -0.05) is 12.1 Å². The third-order valence-corrected chi connectivity index (χ3v) is 1.76. The zero-order valence-electron chi connectivity index (χ0n) is 7.38. The molecule has 13 heavy (non-hydrogen) atoms. The predicted molar refractivity (Wildman–Crippen MR) is 49.2 cm³/mol. The number of aliphatic hydroxyl groups excluding tert-OH is 1. The molecule has 0 saturated heterocycles. The Hall–Kier alpha value is -1.42. The van der Waals surface area contributed by atoms with Crippen molar-refractivity contribution in [1.82, 2.24) is 15.0 Å². The minimum Gasteiger partial charge on any atom is -0.391 e. The van der Waals surface area contributed by atoms with E-state index < -0.39 is 6.10 Å². The lowest BCUT2D eigenvalue weighted by Crippen LogP contribution is -2.13. The Morgan fingerprint density at radius 1 is 1.31 bits per heavy atom. The first-order valence-corrected chi connectivity index (χ1v) is 4.23. The second-order valence-corrected chi connectivity index (χ2v) is 3.09. The summed E-state index contributed by atoms with van der Waals surface area (Å²) >= 11 is 0. The van der Waals surface area contributed by atoms with Crippen molar-refractivity contribution >= 4 is 11.0 Å². The number of fused-ring (bicyclic) bond motifs is 1. The maximum absolute atomic E-state index is 9.13. The summed E-state index contributed by atoms with van der Waals surface area (Å²) in [6.07, 6.45) is -0.415. The molecule has 0 radical (unpaired) electrons. The van der Waals surface area contributed by atoms with Crippen molar-refractivity contribution in [2.45, 2.75) is 19.6 Å². The highest BCUT2D eigenvalue weighted by Crippen LogP contribution is 2.06. The first-order valence-electron chi connectivity index (χ1n) is 4.23. The summed E-state index contributed by atoms with van der Waals surface area (Å²) in [5.41, 5.74) is 1.73. The number of nitrogens with zero attached hydrogens (tertiary/aromatic N) is 3. The second-order valence-electron chi connectivity index (χ2n) is 3.09. The van der Waals surface area contributed by atoms with Crippen LogP contribution in [0.5, 0.6) is 0 Å². The predicted octanol–water partition coefficient (Wildman–Crippen LogP) is 0.812. The number of hydrogen-bond donors (Lipinski definition) is 1. The Morgan fingerprint density at radius 3 is 2.31 bits per heavy atom. The number of aromatic nitrogens is 3. The van der Waals surface area contributed by atoms with Gasteiger partial charge >= 0.3 is 0 Å². The summed E-state index contributed by atoms with van der Waals surface area (Å²) in [6.45, 7) is 2.16. The highest BCUT2D eigenvalue weighted by atomic mass is 16.3. The van der Waals surface area contributed by atoms with Crippen LogP contribution in [0.1, 0.15) is 6.92 Å². The molecule has 2 aromatic rings. The molecule has 0 aliphatic heterocycles. The van der Waals surface area contributed by atoms with Crippen molar-refractivity contribution in [2.24, 2.45) is 0 Å². The van der Waals surface area contributed by atoms with Crippen molar-refractivity contribution in [2.75, 3.05) is 0 Å². The van der Waals surface area contributed by atoms with E-state index in [4.69, 9.17) is 5.11 Å². The van der Waals surface area contributed by atoms with Gasteiger partial charge in [0.2, 0.25) is 0 Å². The Labute approximate surface area is 75.8 Å². The largest absolute Gasteiger partial charge is 0.391 e. The third kappa shape index (κ3) is 1.67. The van der Waals surface area contributed by atoms with Gasteiger partial charge in [-0.05, 0) is 19.1 Å². The van der Waals surface area contributed by atoms with Gasteiger partial charge in [-0.25, -0.2) is 0 Å². The lowest BCUT2D eigenvalue weighted by molar-refractivity contribution is 0.162. The molecule has 2 rings (SSSR count). The van der Waals surface area contributed by atoms with E-state index in [1.54, 1.807) is 6.92 Å². The van der Waals surface area contributed by atoms with Crippen molar-refractivity contribution in [3.05, 3.63) is 24.3 Å². The fourth-order valence-corrected chi connectivity index (χ4v) is 1.22. The van der Waals surface area contributed by atoms with Crippen molar-refractivity contribution in [3.63, 3.8) is 0 Å². The Kier molecular flexibility index (Phi) is 1.98. The van der Waals surface area contributed by atoms with Crippen LogP contribution in [0.15, 0.2) is 24.3 Å². The highest BCUT2D eigenvalue weighted by molar-refractivity contribution is 5.72. The lowest BCUT2D eigenvalue weighted by Gasteiger charge is -2.00. The van der Waals surface area contributed by atoms with Crippen LogP contribution in [0.2, 0.25) is 0 Å². The normalized spacial score (nSPS) is 13.4. The lowest BCUT2D eigenvalue weighted by atomic mass is 10.3. The molecule has 1 N–H and O–H groups in total. The molecule has 0 aliphatic rings. The third-order valence-electron chi connectivity index (χ3n) is 1.76. The minimum atomic E-state index is -0.415. The minimum absolute atomic E-state index is 0.415.